The van der Waals surface area contributed by atoms with Gasteiger partial charge >= 0.3 is 8.10 Å². The Kier molecular flexibility index (Phi) is 6.29. The van der Waals surface area contributed by atoms with Crippen LogP contribution in [0.3, 0.4) is 0 Å². The lowest BCUT2D eigenvalue weighted by molar-refractivity contribution is 0.574. The molecule has 0 saturated carbocycles. The molecule has 0 radical (unpaired) electrons. The first-order valence-corrected chi connectivity index (χ1v) is 4.23. The maximum Gasteiger partial charge on any atom is 0.532 e. The number of nitrogens with one attached hydrogen (secondary N) is 2. The Labute approximate surface area is 62.1 Å². The van der Waals surface area contributed by atoms with Crippen molar-refractivity contribution in [2.45, 2.75) is 0 Å². The Morgan fingerprint density at radius 2 is 1.60 bits per heavy atom. The lowest BCUT2D eigenvalue weighted by Gasteiger charge is -1.85. The molecule has 0 aliphatic heterocycles. The van der Waals surface area contributed by atoms with Gasteiger partial charge in [-0.3, -0.25) is 0 Å². The second kappa shape index (κ2) is 6.62. The molecular formula is C6H12N2OP+. The highest BCUT2D eigenvalue weighted by molar-refractivity contribution is 7.40. The fourth-order valence-electron chi connectivity index (χ4n) is 0.351. The summed E-state index contributed by atoms with van der Waals surface area (Å²) in [6.45, 7) is 8.06. The van der Waals surface area contributed by atoms with Gasteiger partial charge in [-0.15, -0.1) is 13.2 Å². The molecule has 0 fully saturated rings. The molecule has 0 bridgehead atoms. The molecule has 0 aromatic carbocycles. The van der Waals surface area contributed by atoms with Gasteiger partial charge in [0.05, 0.1) is 13.1 Å². The topological polar surface area (TPSA) is 41.1 Å². The fourth-order valence-corrected chi connectivity index (χ4v) is 1.05. The van der Waals surface area contributed by atoms with Crippen LogP contribution in [0.4, 0.5) is 0 Å². The second-order valence-electron chi connectivity index (χ2n) is 1.60. The van der Waals surface area contributed by atoms with Crippen LogP contribution in [-0.2, 0) is 4.57 Å². The van der Waals surface area contributed by atoms with Crippen molar-refractivity contribution in [3.63, 3.8) is 0 Å². The molecule has 3 nitrogen and oxygen atoms in total. The molecule has 0 heterocycles. The minimum atomic E-state index is -1.48. The number of hydrogen-bond donors (Lipinski definition) is 2. The molecule has 0 aromatic rings. The van der Waals surface area contributed by atoms with Crippen LogP contribution in [0.5, 0.6) is 0 Å². The average Bonchev–Trinajstić information content (AvgIpc) is 1.97. The van der Waals surface area contributed by atoms with Gasteiger partial charge in [0.15, 0.2) is 0 Å². The van der Waals surface area contributed by atoms with Crippen molar-refractivity contribution in [3.05, 3.63) is 25.3 Å². The Bertz CT molecular complexity index is 122. The molecule has 2 N–H and O–H groups in total. The summed E-state index contributed by atoms with van der Waals surface area (Å²) in [4.78, 5) is 0. The molecule has 0 unspecified atom stereocenters. The first-order valence-electron chi connectivity index (χ1n) is 2.97. The van der Waals surface area contributed by atoms with E-state index in [0.29, 0.717) is 13.1 Å². The zero-order valence-electron chi connectivity index (χ0n) is 5.84. The van der Waals surface area contributed by atoms with Crippen molar-refractivity contribution in [2.75, 3.05) is 13.1 Å². The summed E-state index contributed by atoms with van der Waals surface area (Å²) in [6, 6.07) is 0. The maximum absolute atomic E-state index is 10.8. The predicted molar refractivity (Wildman–Crippen MR) is 44.0 cm³/mol. The average molecular weight is 159 g/mol. The van der Waals surface area contributed by atoms with Crippen LogP contribution in [0.1, 0.15) is 0 Å². The van der Waals surface area contributed by atoms with E-state index in [0.717, 1.165) is 0 Å². The Morgan fingerprint density at radius 3 is 1.90 bits per heavy atom. The van der Waals surface area contributed by atoms with Gasteiger partial charge in [-0.1, -0.05) is 22.3 Å². The van der Waals surface area contributed by atoms with E-state index in [-0.39, 0.29) is 0 Å². The summed E-state index contributed by atoms with van der Waals surface area (Å²) in [6.07, 6.45) is 3.31. The van der Waals surface area contributed by atoms with E-state index < -0.39 is 8.10 Å². The highest BCUT2D eigenvalue weighted by atomic mass is 31.1. The summed E-state index contributed by atoms with van der Waals surface area (Å²) >= 11 is 0. The zero-order chi connectivity index (χ0) is 7.82. The molecule has 4 heteroatoms. The normalized spacial score (nSPS) is 8.80. The van der Waals surface area contributed by atoms with Crippen LogP contribution in [0.25, 0.3) is 0 Å². The van der Waals surface area contributed by atoms with Crippen LogP contribution in [0, 0.1) is 0 Å². The van der Waals surface area contributed by atoms with Gasteiger partial charge in [0.25, 0.3) is 0 Å². The van der Waals surface area contributed by atoms with Crippen molar-refractivity contribution in [1.82, 2.24) is 10.2 Å². The van der Waals surface area contributed by atoms with E-state index in [9.17, 15) is 4.57 Å². The molecule has 10 heavy (non-hydrogen) atoms. The third-order valence-corrected chi connectivity index (χ3v) is 1.70. The van der Waals surface area contributed by atoms with E-state index in [1.807, 2.05) is 0 Å². The quantitative estimate of drug-likeness (QED) is 0.452. The molecule has 0 aliphatic carbocycles. The molecule has 56 valence electrons. The number of rotatable bonds is 6. The van der Waals surface area contributed by atoms with Gasteiger partial charge in [0, 0.05) is 0 Å². The summed E-state index contributed by atoms with van der Waals surface area (Å²) in [5.41, 5.74) is 0. The van der Waals surface area contributed by atoms with Crippen molar-refractivity contribution >= 4 is 8.10 Å². The molecule has 0 aromatic heterocycles. The third-order valence-electron chi connectivity index (χ3n) is 0.758. The van der Waals surface area contributed by atoms with E-state index in [1.165, 1.54) is 0 Å². The smallest absolute Gasteiger partial charge is 0.102 e. The zero-order valence-corrected chi connectivity index (χ0v) is 6.73. The minimum absolute atomic E-state index is 0.555. The van der Waals surface area contributed by atoms with E-state index in [4.69, 9.17) is 0 Å². The lowest BCUT2D eigenvalue weighted by Crippen LogP contribution is -2.13. The van der Waals surface area contributed by atoms with Crippen LogP contribution in [-0.4, -0.2) is 13.1 Å². The SMILES string of the molecule is C=CCN[P+](=O)NCC=C. The largest absolute Gasteiger partial charge is 0.532 e. The Balaban J connectivity index is 3.24. The van der Waals surface area contributed by atoms with Gasteiger partial charge in [0.1, 0.15) is 0 Å². The first kappa shape index (κ1) is 9.50. The number of hydrogen-bond acceptors (Lipinski definition) is 1. The van der Waals surface area contributed by atoms with E-state index in [2.05, 4.69) is 23.3 Å². The van der Waals surface area contributed by atoms with Crippen LogP contribution in [0.15, 0.2) is 25.3 Å². The van der Waals surface area contributed by atoms with Gasteiger partial charge in [0.2, 0.25) is 0 Å². The van der Waals surface area contributed by atoms with Gasteiger partial charge < -0.3 is 0 Å². The van der Waals surface area contributed by atoms with Crippen LogP contribution >= 0.6 is 8.10 Å². The maximum atomic E-state index is 10.8. The third kappa shape index (κ3) is 5.63. The first-order chi connectivity index (χ1) is 4.81. The van der Waals surface area contributed by atoms with Crippen LogP contribution < -0.4 is 10.2 Å². The lowest BCUT2D eigenvalue weighted by atomic mass is 10.7. The molecule has 0 rings (SSSR count). The Hall–Kier alpha value is -0.500. The molecule has 0 amide bonds. The van der Waals surface area contributed by atoms with Crippen molar-refractivity contribution in [1.29, 1.82) is 0 Å². The molecule has 0 spiro atoms. The molecule has 0 saturated heterocycles. The van der Waals surface area contributed by atoms with E-state index >= 15 is 0 Å². The van der Waals surface area contributed by atoms with Crippen molar-refractivity contribution in [3.8, 4) is 0 Å². The molecule has 0 atom stereocenters. The van der Waals surface area contributed by atoms with Crippen LogP contribution in [0.2, 0.25) is 0 Å². The standard InChI is InChI=1S/C6H12N2OP/c1-3-5-7-10(9)8-6-4-2/h3-4H,1-2,5-6H2,(H2,7,8,9)/q+1. The minimum Gasteiger partial charge on any atom is -0.102 e. The van der Waals surface area contributed by atoms with Crippen molar-refractivity contribution < 1.29 is 4.57 Å². The van der Waals surface area contributed by atoms with E-state index in [1.54, 1.807) is 12.2 Å². The monoisotopic (exact) mass is 159 g/mol. The molecular weight excluding hydrogens is 147 g/mol. The fraction of sp³-hybridized carbons (Fsp3) is 0.333. The highest BCUT2D eigenvalue weighted by Crippen LogP contribution is 2.04. The Morgan fingerprint density at radius 1 is 1.20 bits per heavy atom. The summed E-state index contributed by atoms with van der Waals surface area (Å²) < 4.78 is 10.8. The van der Waals surface area contributed by atoms with Gasteiger partial charge in [-0.05, 0) is 4.57 Å². The van der Waals surface area contributed by atoms with Crippen molar-refractivity contribution in [2.24, 2.45) is 0 Å². The van der Waals surface area contributed by atoms with Gasteiger partial charge in [-0.2, -0.15) is 0 Å². The summed E-state index contributed by atoms with van der Waals surface area (Å²) in [7, 11) is -1.48. The summed E-state index contributed by atoms with van der Waals surface area (Å²) in [5.74, 6) is 0. The summed E-state index contributed by atoms with van der Waals surface area (Å²) in [5, 5.41) is 5.40. The predicted octanol–water partition coefficient (Wildman–Crippen LogP) is 1.20. The molecule has 0 aliphatic rings. The van der Waals surface area contributed by atoms with Gasteiger partial charge in [-0.25, -0.2) is 0 Å². The highest BCUT2D eigenvalue weighted by Gasteiger charge is 2.09. The second-order valence-corrected chi connectivity index (χ2v) is 2.82.